The zero-order valence-corrected chi connectivity index (χ0v) is 20.8. The van der Waals surface area contributed by atoms with Gasteiger partial charge in [0, 0.05) is 29.5 Å². The van der Waals surface area contributed by atoms with Crippen molar-refractivity contribution in [2.24, 2.45) is 23.5 Å². The second-order valence-corrected chi connectivity index (χ2v) is 10.7. The van der Waals surface area contributed by atoms with E-state index in [1.54, 1.807) is 6.92 Å². The topological polar surface area (TPSA) is 210 Å². The Morgan fingerprint density at radius 3 is 2.37 bits per heavy atom. The first kappa shape index (κ1) is 25.8. The summed E-state index contributed by atoms with van der Waals surface area (Å²) >= 11 is 0. The largest absolute Gasteiger partial charge is 0.511 e. The fraction of sp³-hybridized carbons (Fsp3) is 0.481. The zero-order valence-electron chi connectivity index (χ0n) is 20.8. The Hall–Kier alpha value is -3.86. The number of benzene rings is 1. The fourth-order valence-electron chi connectivity index (χ4n) is 6.80. The summed E-state index contributed by atoms with van der Waals surface area (Å²) in [4.78, 5) is 52.5. The Kier molecular flexibility index (Phi) is 6.01. The molecule has 1 aromatic carbocycles. The Balaban J connectivity index is 1.73. The summed E-state index contributed by atoms with van der Waals surface area (Å²) in [5.74, 6) is -10.0. The van der Waals surface area contributed by atoms with Crippen molar-refractivity contribution in [2.45, 2.75) is 63.1 Å². The molecule has 4 aliphatic rings. The number of aliphatic hydroxyl groups excluding tert-OH is 2. The molecule has 0 spiro atoms. The summed E-state index contributed by atoms with van der Waals surface area (Å²) in [6.45, 7) is 1.67. The number of hydrogen-bond acceptors (Lipinski definition) is 10. The van der Waals surface area contributed by atoms with Gasteiger partial charge < -0.3 is 36.6 Å². The van der Waals surface area contributed by atoms with Crippen LogP contribution in [0.4, 0.5) is 5.69 Å². The standard InChI is InChI=1S/C27H30N2O9/c1-10-16-13(28)7-8-14(30)18(16)21(32)20-17(10)22(38-26(36)11-5-3-2-4-6-11)12-9-15(31)19(25(29)35)23(33)27(12,37)24(20)34/h7-8,10-12,17,22,30-31,34,37H,2-6,9,28H2,1H3,(H2,29,35)/t10-,12+,17+,22+,27+/m0/s1. The third-order valence-corrected chi connectivity index (χ3v) is 8.67. The highest BCUT2D eigenvalue weighted by molar-refractivity contribution is 6.24. The molecule has 0 aromatic heterocycles. The smallest absolute Gasteiger partial charge is 0.309 e. The van der Waals surface area contributed by atoms with Crippen LogP contribution >= 0.6 is 0 Å². The minimum atomic E-state index is -2.89. The summed E-state index contributed by atoms with van der Waals surface area (Å²) in [5, 5.41) is 44.2. The highest BCUT2D eigenvalue weighted by Crippen LogP contribution is 2.56. The first-order valence-corrected chi connectivity index (χ1v) is 12.7. The van der Waals surface area contributed by atoms with Crippen LogP contribution in [0.1, 0.15) is 67.3 Å². The van der Waals surface area contributed by atoms with Crippen molar-refractivity contribution in [1.29, 1.82) is 0 Å². The van der Waals surface area contributed by atoms with Crippen molar-refractivity contribution in [3.05, 3.63) is 45.9 Å². The number of phenols is 1. The van der Waals surface area contributed by atoms with Crippen LogP contribution in [0.25, 0.3) is 0 Å². The molecule has 0 aliphatic heterocycles. The average Bonchev–Trinajstić information content (AvgIpc) is 2.87. The fourth-order valence-corrected chi connectivity index (χ4v) is 6.80. The van der Waals surface area contributed by atoms with E-state index in [2.05, 4.69) is 0 Å². The number of nitrogens with two attached hydrogens (primary N) is 2. The number of phenolic OH excluding ortho intramolecular Hbond substituents is 1. The first-order chi connectivity index (χ1) is 17.9. The molecule has 11 nitrogen and oxygen atoms in total. The van der Waals surface area contributed by atoms with Crippen molar-refractivity contribution in [3.8, 4) is 5.75 Å². The predicted octanol–water partition coefficient (Wildman–Crippen LogP) is 1.83. The normalized spacial score (nSPS) is 31.4. The Bertz CT molecular complexity index is 1340. The summed E-state index contributed by atoms with van der Waals surface area (Å²) in [6.07, 6.45) is 1.92. The summed E-state index contributed by atoms with van der Waals surface area (Å²) in [7, 11) is 0. The predicted molar refractivity (Wildman–Crippen MR) is 132 cm³/mol. The molecule has 1 saturated carbocycles. The second kappa shape index (κ2) is 8.87. The van der Waals surface area contributed by atoms with E-state index >= 15 is 0 Å². The van der Waals surface area contributed by atoms with Crippen molar-refractivity contribution < 1.29 is 44.3 Å². The van der Waals surface area contributed by atoms with Gasteiger partial charge in [-0.15, -0.1) is 0 Å². The van der Waals surface area contributed by atoms with Crippen LogP contribution in [0, 0.1) is 17.8 Å². The molecule has 1 amide bonds. The van der Waals surface area contributed by atoms with Gasteiger partial charge in [0.25, 0.3) is 5.91 Å². The number of esters is 1. The minimum Gasteiger partial charge on any atom is -0.511 e. The molecule has 0 heterocycles. The number of allylic oxidation sites excluding steroid dienone is 1. The molecular formula is C27H30N2O9. The number of ketones is 2. The molecule has 0 radical (unpaired) electrons. The maximum absolute atomic E-state index is 13.8. The van der Waals surface area contributed by atoms with E-state index in [9.17, 15) is 39.6 Å². The molecule has 11 heteroatoms. The SMILES string of the molecule is C[C@H]1c2c(N)ccc(O)c2C(=O)C2=C(O)[C@]3(O)C(=O)C(C(N)=O)=C(O)C[C@@H]3[C@@H](OC(=O)C3CCCCC3)[C@@H]21. The monoisotopic (exact) mass is 526 g/mol. The van der Waals surface area contributed by atoms with Gasteiger partial charge in [-0.25, -0.2) is 0 Å². The number of primary amides is 1. The second-order valence-electron chi connectivity index (χ2n) is 10.7. The van der Waals surface area contributed by atoms with Crippen LogP contribution in [-0.2, 0) is 19.1 Å². The zero-order chi connectivity index (χ0) is 27.7. The molecule has 202 valence electrons. The lowest BCUT2D eigenvalue weighted by molar-refractivity contribution is -0.178. The van der Waals surface area contributed by atoms with E-state index in [0.717, 1.165) is 19.3 Å². The van der Waals surface area contributed by atoms with Crippen molar-refractivity contribution in [3.63, 3.8) is 0 Å². The molecule has 1 fully saturated rings. The lowest BCUT2D eigenvalue weighted by Crippen LogP contribution is -2.63. The van der Waals surface area contributed by atoms with Gasteiger partial charge in [-0.2, -0.15) is 0 Å². The number of aliphatic hydroxyl groups is 3. The van der Waals surface area contributed by atoms with Gasteiger partial charge in [-0.1, -0.05) is 26.2 Å². The Labute approximate surface area is 217 Å². The third kappa shape index (κ3) is 3.44. The first-order valence-electron chi connectivity index (χ1n) is 12.7. The molecule has 0 saturated heterocycles. The molecule has 4 aliphatic carbocycles. The van der Waals surface area contributed by atoms with Gasteiger partial charge in [0.05, 0.1) is 11.5 Å². The van der Waals surface area contributed by atoms with E-state index in [1.807, 2.05) is 0 Å². The maximum Gasteiger partial charge on any atom is 0.309 e. The molecule has 8 N–H and O–H groups in total. The van der Waals surface area contributed by atoms with Gasteiger partial charge >= 0.3 is 5.97 Å². The van der Waals surface area contributed by atoms with E-state index in [1.165, 1.54) is 12.1 Å². The number of rotatable bonds is 3. The number of nitrogen functional groups attached to an aromatic ring is 1. The third-order valence-electron chi connectivity index (χ3n) is 8.67. The molecule has 5 atom stereocenters. The number of ether oxygens (including phenoxy) is 1. The minimum absolute atomic E-state index is 0.189. The van der Waals surface area contributed by atoms with Crippen LogP contribution in [0.2, 0.25) is 0 Å². The summed E-state index contributed by atoms with van der Waals surface area (Å²) < 4.78 is 5.98. The maximum atomic E-state index is 13.8. The highest BCUT2D eigenvalue weighted by atomic mass is 16.5. The molecular weight excluding hydrogens is 496 g/mol. The lowest BCUT2D eigenvalue weighted by atomic mass is 9.56. The van der Waals surface area contributed by atoms with Gasteiger partial charge in [-0.3, -0.25) is 19.2 Å². The molecule has 38 heavy (non-hydrogen) atoms. The van der Waals surface area contributed by atoms with Crippen molar-refractivity contribution >= 4 is 29.1 Å². The van der Waals surface area contributed by atoms with Crippen LogP contribution < -0.4 is 11.5 Å². The number of carbonyl (C=O) groups excluding carboxylic acids is 4. The Morgan fingerprint density at radius 2 is 1.74 bits per heavy atom. The van der Waals surface area contributed by atoms with Crippen molar-refractivity contribution in [2.75, 3.05) is 5.73 Å². The number of aromatic hydroxyl groups is 1. The van der Waals surface area contributed by atoms with E-state index in [0.29, 0.717) is 12.8 Å². The number of anilines is 1. The number of carbonyl (C=O) groups is 4. The Morgan fingerprint density at radius 1 is 1.08 bits per heavy atom. The van der Waals surface area contributed by atoms with Crippen LogP contribution in [-0.4, -0.2) is 55.6 Å². The van der Waals surface area contributed by atoms with Gasteiger partial charge in [-0.05, 0) is 36.5 Å². The number of amides is 1. The van der Waals surface area contributed by atoms with Gasteiger partial charge in [0.15, 0.2) is 11.4 Å². The number of hydrogen-bond donors (Lipinski definition) is 6. The van der Waals surface area contributed by atoms with E-state index < -0.39 is 93.7 Å². The lowest BCUT2D eigenvalue weighted by Gasteiger charge is -2.51. The van der Waals surface area contributed by atoms with Crippen LogP contribution in [0.5, 0.6) is 5.75 Å². The molecule has 5 rings (SSSR count). The van der Waals surface area contributed by atoms with Gasteiger partial charge in [0.1, 0.15) is 28.9 Å². The number of fused-ring (bicyclic) bond motifs is 3. The summed E-state index contributed by atoms with van der Waals surface area (Å²) in [6, 6.07) is 2.64. The van der Waals surface area contributed by atoms with Crippen LogP contribution in [0.3, 0.4) is 0 Å². The highest BCUT2D eigenvalue weighted by Gasteiger charge is 2.65. The van der Waals surface area contributed by atoms with E-state index in [4.69, 9.17) is 16.2 Å². The quantitative estimate of drug-likeness (QED) is 0.145. The van der Waals surface area contributed by atoms with Crippen LogP contribution in [0.15, 0.2) is 34.8 Å². The van der Waals surface area contributed by atoms with E-state index in [-0.39, 0.29) is 16.8 Å². The molecule has 0 unspecified atom stereocenters. The number of Topliss-reactive ketones (excluding diaryl/α,β-unsaturated/α-hetero) is 2. The molecule has 1 aromatic rings. The average molecular weight is 527 g/mol. The summed E-state index contributed by atoms with van der Waals surface area (Å²) in [5.41, 5.74) is 7.51. The molecule has 0 bridgehead atoms. The van der Waals surface area contributed by atoms with Gasteiger partial charge in [0.2, 0.25) is 5.78 Å². The van der Waals surface area contributed by atoms with Crippen molar-refractivity contribution in [1.82, 2.24) is 0 Å².